The largest absolute Gasteiger partial charge is 0.383 e. The molecule has 1 saturated heterocycles. The molecule has 3 nitrogen and oxygen atoms in total. The van der Waals surface area contributed by atoms with Crippen LogP contribution in [0, 0.1) is 0 Å². The Labute approximate surface area is 107 Å². The van der Waals surface area contributed by atoms with Crippen molar-refractivity contribution in [2.45, 2.75) is 64.6 Å². The van der Waals surface area contributed by atoms with Gasteiger partial charge in [-0.05, 0) is 39.7 Å². The highest BCUT2D eigenvalue weighted by molar-refractivity contribution is 4.81. The SMILES string of the molecule is CCC(COC)N(CC1CCCCN1)C(C)C. The maximum Gasteiger partial charge on any atom is 0.0618 e. The molecule has 0 amide bonds. The predicted octanol–water partition coefficient (Wildman–Crippen LogP) is 2.26. The Kier molecular flexibility index (Phi) is 7.09. The number of nitrogens with one attached hydrogen (secondary N) is 1. The Balaban J connectivity index is 2.50. The lowest BCUT2D eigenvalue weighted by atomic mass is 10.0. The first-order valence-corrected chi connectivity index (χ1v) is 7.17. The van der Waals surface area contributed by atoms with Crippen LogP contribution < -0.4 is 5.32 Å². The van der Waals surface area contributed by atoms with Crippen molar-refractivity contribution in [3.63, 3.8) is 0 Å². The highest BCUT2D eigenvalue weighted by Crippen LogP contribution is 2.14. The third kappa shape index (κ3) is 4.94. The lowest BCUT2D eigenvalue weighted by Gasteiger charge is -2.38. The van der Waals surface area contributed by atoms with Crippen molar-refractivity contribution >= 4 is 0 Å². The van der Waals surface area contributed by atoms with Crippen LogP contribution in [-0.2, 0) is 4.74 Å². The quantitative estimate of drug-likeness (QED) is 0.741. The van der Waals surface area contributed by atoms with Crippen LogP contribution >= 0.6 is 0 Å². The second-order valence-electron chi connectivity index (χ2n) is 5.45. The number of hydrogen-bond acceptors (Lipinski definition) is 3. The van der Waals surface area contributed by atoms with Crippen molar-refractivity contribution in [2.75, 3.05) is 26.8 Å². The average Bonchev–Trinajstić information content (AvgIpc) is 2.34. The van der Waals surface area contributed by atoms with Gasteiger partial charge < -0.3 is 10.1 Å². The third-order valence-electron chi connectivity index (χ3n) is 3.81. The summed E-state index contributed by atoms with van der Waals surface area (Å²) in [5.74, 6) is 0. The minimum atomic E-state index is 0.559. The van der Waals surface area contributed by atoms with Crippen LogP contribution in [0.1, 0.15) is 46.5 Å². The van der Waals surface area contributed by atoms with Crippen LogP contribution in [0.3, 0.4) is 0 Å². The number of hydrogen-bond donors (Lipinski definition) is 1. The molecule has 0 aromatic heterocycles. The Bertz CT molecular complexity index is 191. The molecule has 102 valence electrons. The van der Waals surface area contributed by atoms with E-state index in [0.29, 0.717) is 18.1 Å². The van der Waals surface area contributed by atoms with E-state index in [1.807, 2.05) is 0 Å². The van der Waals surface area contributed by atoms with Crippen LogP contribution in [0.15, 0.2) is 0 Å². The van der Waals surface area contributed by atoms with Gasteiger partial charge in [0.2, 0.25) is 0 Å². The van der Waals surface area contributed by atoms with Gasteiger partial charge >= 0.3 is 0 Å². The minimum absolute atomic E-state index is 0.559. The van der Waals surface area contributed by atoms with Crippen LogP contribution in [0.5, 0.6) is 0 Å². The molecular formula is C14H30N2O. The summed E-state index contributed by atoms with van der Waals surface area (Å²) in [6.07, 6.45) is 5.21. The predicted molar refractivity (Wildman–Crippen MR) is 73.4 cm³/mol. The fourth-order valence-corrected chi connectivity index (χ4v) is 2.76. The first-order valence-electron chi connectivity index (χ1n) is 7.17. The Hall–Kier alpha value is -0.120. The minimum Gasteiger partial charge on any atom is -0.383 e. The number of ether oxygens (including phenoxy) is 1. The molecule has 1 aliphatic heterocycles. The maximum atomic E-state index is 5.35. The van der Waals surface area contributed by atoms with Gasteiger partial charge in [0, 0.05) is 31.8 Å². The maximum absolute atomic E-state index is 5.35. The van der Waals surface area contributed by atoms with E-state index in [2.05, 4.69) is 31.0 Å². The molecule has 0 aliphatic carbocycles. The lowest BCUT2D eigenvalue weighted by molar-refractivity contribution is 0.0578. The van der Waals surface area contributed by atoms with E-state index in [1.54, 1.807) is 7.11 Å². The van der Waals surface area contributed by atoms with Crippen molar-refractivity contribution in [1.29, 1.82) is 0 Å². The summed E-state index contributed by atoms with van der Waals surface area (Å²) < 4.78 is 5.35. The monoisotopic (exact) mass is 242 g/mol. The summed E-state index contributed by atoms with van der Waals surface area (Å²) in [6, 6.07) is 1.83. The van der Waals surface area contributed by atoms with Crippen LogP contribution in [0.4, 0.5) is 0 Å². The van der Waals surface area contributed by atoms with Crippen molar-refractivity contribution in [3.8, 4) is 0 Å². The zero-order valence-corrected chi connectivity index (χ0v) is 12.0. The molecule has 0 aromatic carbocycles. The van der Waals surface area contributed by atoms with Crippen LogP contribution in [-0.4, -0.2) is 49.8 Å². The second-order valence-corrected chi connectivity index (χ2v) is 5.45. The van der Waals surface area contributed by atoms with E-state index < -0.39 is 0 Å². The Morgan fingerprint density at radius 3 is 2.59 bits per heavy atom. The van der Waals surface area contributed by atoms with E-state index in [4.69, 9.17) is 4.74 Å². The molecule has 1 rings (SSSR count). The normalized spacial score (nSPS) is 23.3. The molecule has 2 unspecified atom stereocenters. The van der Waals surface area contributed by atoms with Gasteiger partial charge in [-0.2, -0.15) is 0 Å². The van der Waals surface area contributed by atoms with Gasteiger partial charge in [0.25, 0.3) is 0 Å². The van der Waals surface area contributed by atoms with E-state index in [9.17, 15) is 0 Å². The highest BCUT2D eigenvalue weighted by atomic mass is 16.5. The number of nitrogens with zero attached hydrogens (tertiary/aromatic N) is 1. The molecule has 2 atom stereocenters. The standard InChI is InChI=1S/C14H30N2O/c1-5-14(11-17-4)16(12(2)3)10-13-8-6-7-9-15-13/h12-15H,5-11H2,1-4H3. The smallest absolute Gasteiger partial charge is 0.0618 e. The fraction of sp³-hybridized carbons (Fsp3) is 1.00. The molecule has 0 radical (unpaired) electrons. The first kappa shape index (κ1) is 14.9. The second kappa shape index (κ2) is 8.06. The summed E-state index contributed by atoms with van der Waals surface area (Å²) >= 11 is 0. The summed E-state index contributed by atoms with van der Waals surface area (Å²) in [5.41, 5.74) is 0. The molecule has 1 N–H and O–H groups in total. The zero-order chi connectivity index (χ0) is 12.7. The van der Waals surface area contributed by atoms with Crippen molar-refractivity contribution in [1.82, 2.24) is 10.2 Å². The summed E-state index contributed by atoms with van der Waals surface area (Å²) in [6.45, 7) is 10.0. The van der Waals surface area contributed by atoms with Crippen molar-refractivity contribution in [2.24, 2.45) is 0 Å². The molecule has 0 bridgehead atoms. The van der Waals surface area contributed by atoms with Gasteiger partial charge in [0.05, 0.1) is 6.61 Å². The van der Waals surface area contributed by atoms with E-state index in [1.165, 1.54) is 38.8 Å². The molecule has 1 fully saturated rings. The molecule has 0 aromatic rings. The topological polar surface area (TPSA) is 24.5 Å². The Morgan fingerprint density at radius 1 is 1.35 bits per heavy atom. The van der Waals surface area contributed by atoms with E-state index in [-0.39, 0.29) is 0 Å². The molecular weight excluding hydrogens is 212 g/mol. The molecule has 17 heavy (non-hydrogen) atoms. The molecule has 0 saturated carbocycles. The van der Waals surface area contributed by atoms with Crippen LogP contribution in [0.2, 0.25) is 0 Å². The van der Waals surface area contributed by atoms with Crippen molar-refractivity contribution in [3.05, 3.63) is 0 Å². The van der Waals surface area contributed by atoms with Crippen LogP contribution in [0.25, 0.3) is 0 Å². The van der Waals surface area contributed by atoms with Gasteiger partial charge in [-0.1, -0.05) is 13.3 Å². The highest BCUT2D eigenvalue weighted by Gasteiger charge is 2.24. The Morgan fingerprint density at radius 2 is 2.12 bits per heavy atom. The summed E-state index contributed by atoms with van der Waals surface area (Å²) in [7, 11) is 1.81. The van der Waals surface area contributed by atoms with Gasteiger partial charge in [-0.15, -0.1) is 0 Å². The number of methoxy groups -OCH3 is 1. The molecule has 3 heteroatoms. The summed E-state index contributed by atoms with van der Waals surface area (Å²) in [4.78, 5) is 2.60. The summed E-state index contributed by atoms with van der Waals surface area (Å²) in [5, 5.41) is 3.64. The van der Waals surface area contributed by atoms with Crippen molar-refractivity contribution < 1.29 is 4.74 Å². The van der Waals surface area contributed by atoms with Gasteiger partial charge in [0.1, 0.15) is 0 Å². The van der Waals surface area contributed by atoms with Gasteiger partial charge in [-0.25, -0.2) is 0 Å². The van der Waals surface area contributed by atoms with Gasteiger partial charge in [-0.3, -0.25) is 4.90 Å². The third-order valence-corrected chi connectivity index (χ3v) is 3.81. The first-order chi connectivity index (χ1) is 8.19. The number of rotatable bonds is 7. The zero-order valence-electron chi connectivity index (χ0n) is 12.0. The lowest BCUT2D eigenvalue weighted by Crippen LogP contribution is -2.51. The average molecular weight is 242 g/mol. The van der Waals surface area contributed by atoms with E-state index >= 15 is 0 Å². The molecule has 0 spiro atoms. The van der Waals surface area contributed by atoms with Gasteiger partial charge in [0.15, 0.2) is 0 Å². The fourth-order valence-electron chi connectivity index (χ4n) is 2.76. The van der Waals surface area contributed by atoms with E-state index in [0.717, 1.165) is 6.61 Å². The molecule has 1 heterocycles. The molecule has 1 aliphatic rings. The number of piperidine rings is 1.